The SMILES string of the molecule is CCNCc1cc(COC2COC2)on1. The van der Waals surface area contributed by atoms with Crippen LogP contribution in [0, 0.1) is 0 Å². The smallest absolute Gasteiger partial charge is 0.162 e. The van der Waals surface area contributed by atoms with Gasteiger partial charge in [0.25, 0.3) is 0 Å². The van der Waals surface area contributed by atoms with Gasteiger partial charge in [-0.1, -0.05) is 12.1 Å². The first-order valence-corrected chi connectivity index (χ1v) is 5.23. The minimum absolute atomic E-state index is 0.229. The fourth-order valence-corrected chi connectivity index (χ4v) is 1.27. The average Bonchev–Trinajstić information content (AvgIpc) is 2.60. The minimum Gasteiger partial charge on any atom is -0.376 e. The molecule has 15 heavy (non-hydrogen) atoms. The highest BCUT2D eigenvalue weighted by Gasteiger charge is 2.19. The van der Waals surface area contributed by atoms with Crippen molar-refractivity contribution in [1.29, 1.82) is 0 Å². The van der Waals surface area contributed by atoms with Crippen LogP contribution in [0.2, 0.25) is 0 Å². The maximum atomic E-state index is 5.50. The van der Waals surface area contributed by atoms with Crippen molar-refractivity contribution in [1.82, 2.24) is 10.5 Å². The summed E-state index contributed by atoms with van der Waals surface area (Å²) >= 11 is 0. The number of nitrogens with zero attached hydrogens (tertiary/aromatic N) is 1. The zero-order valence-corrected chi connectivity index (χ0v) is 8.86. The molecule has 0 atom stereocenters. The van der Waals surface area contributed by atoms with E-state index in [0.29, 0.717) is 19.8 Å². The molecule has 1 fully saturated rings. The summed E-state index contributed by atoms with van der Waals surface area (Å²) in [4.78, 5) is 0. The molecule has 1 aromatic rings. The lowest BCUT2D eigenvalue weighted by Gasteiger charge is -2.25. The molecule has 0 saturated carbocycles. The molecule has 0 unspecified atom stereocenters. The van der Waals surface area contributed by atoms with E-state index in [1.54, 1.807) is 0 Å². The molecular weight excluding hydrogens is 196 g/mol. The minimum atomic E-state index is 0.229. The lowest BCUT2D eigenvalue weighted by molar-refractivity contribution is -0.138. The topological polar surface area (TPSA) is 56.5 Å². The van der Waals surface area contributed by atoms with E-state index < -0.39 is 0 Å². The predicted molar refractivity (Wildman–Crippen MR) is 53.3 cm³/mol. The van der Waals surface area contributed by atoms with Gasteiger partial charge in [0.05, 0.1) is 18.9 Å². The van der Waals surface area contributed by atoms with Crippen LogP contribution in [0.5, 0.6) is 0 Å². The Hall–Kier alpha value is -0.910. The Morgan fingerprint density at radius 1 is 1.60 bits per heavy atom. The molecule has 1 N–H and O–H groups in total. The van der Waals surface area contributed by atoms with Gasteiger partial charge in [0.1, 0.15) is 12.7 Å². The van der Waals surface area contributed by atoms with Crippen LogP contribution in [0.4, 0.5) is 0 Å². The Labute approximate surface area is 88.7 Å². The van der Waals surface area contributed by atoms with E-state index in [2.05, 4.69) is 17.4 Å². The second-order valence-electron chi connectivity index (χ2n) is 3.54. The van der Waals surface area contributed by atoms with Crippen LogP contribution in [0.15, 0.2) is 10.6 Å². The van der Waals surface area contributed by atoms with Gasteiger partial charge in [0.2, 0.25) is 0 Å². The molecule has 1 aliphatic heterocycles. The summed E-state index contributed by atoms with van der Waals surface area (Å²) in [6.07, 6.45) is 0.229. The molecule has 0 radical (unpaired) electrons. The molecule has 1 saturated heterocycles. The maximum absolute atomic E-state index is 5.50. The second-order valence-corrected chi connectivity index (χ2v) is 3.54. The molecular formula is C10H16N2O3. The van der Waals surface area contributed by atoms with Gasteiger partial charge in [-0.3, -0.25) is 0 Å². The van der Waals surface area contributed by atoms with Crippen molar-refractivity contribution in [3.63, 3.8) is 0 Å². The predicted octanol–water partition coefficient (Wildman–Crippen LogP) is 0.699. The Balaban J connectivity index is 1.73. The summed E-state index contributed by atoms with van der Waals surface area (Å²) in [5.41, 5.74) is 0.917. The Kier molecular flexibility index (Phi) is 3.71. The largest absolute Gasteiger partial charge is 0.376 e. The third-order valence-electron chi connectivity index (χ3n) is 2.23. The first-order valence-electron chi connectivity index (χ1n) is 5.23. The number of rotatable bonds is 6. The number of hydrogen-bond acceptors (Lipinski definition) is 5. The molecule has 1 aromatic heterocycles. The van der Waals surface area contributed by atoms with Gasteiger partial charge in [-0.05, 0) is 6.54 Å². The van der Waals surface area contributed by atoms with Crippen molar-refractivity contribution < 1.29 is 14.0 Å². The highest BCUT2D eigenvalue weighted by Crippen LogP contribution is 2.10. The molecule has 0 aromatic carbocycles. The van der Waals surface area contributed by atoms with Gasteiger partial charge in [-0.15, -0.1) is 0 Å². The summed E-state index contributed by atoms with van der Waals surface area (Å²) in [7, 11) is 0. The van der Waals surface area contributed by atoms with Gasteiger partial charge in [-0.2, -0.15) is 0 Å². The van der Waals surface area contributed by atoms with Crippen molar-refractivity contribution in [3.8, 4) is 0 Å². The Morgan fingerprint density at radius 2 is 2.47 bits per heavy atom. The first-order chi connectivity index (χ1) is 7.38. The van der Waals surface area contributed by atoms with E-state index in [0.717, 1.165) is 24.5 Å². The quantitative estimate of drug-likeness (QED) is 0.752. The van der Waals surface area contributed by atoms with Crippen LogP contribution in [-0.4, -0.2) is 31.0 Å². The van der Waals surface area contributed by atoms with Gasteiger partial charge in [-0.25, -0.2) is 0 Å². The van der Waals surface area contributed by atoms with Crippen LogP contribution in [0.3, 0.4) is 0 Å². The fraction of sp³-hybridized carbons (Fsp3) is 0.700. The van der Waals surface area contributed by atoms with Crippen molar-refractivity contribution in [2.45, 2.75) is 26.2 Å². The van der Waals surface area contributed by atoms with Crippen LogP contribution >= 0.6 is 0 Å². The van der Waals surface area contributed by atoms with Gasteiger partial charge in [0.15, 0.2) is 5.76 Å². The number of ether oxygens (including phenoxy) is 2. The first kappa shape index (κ1) is 10.6. The monoisotopic (exact) mass is 212 g/mol. The zero-order chi connectivity index (χ0) is 10.5. The summed E-state index contributed by atoms with van der Waals surface area (Å²) < 4.78 is 15.6. The van der Waals surface area contributed by atoms with Crippen LogP contribution < -0.4 is 5.32 Å². The maximum Gasteiger partial charge on any atom is 0.162 e. The van der Waals surface area contributed by atoms with Crippen LogP contribution in [0.25, 0.3) is 0 Å². The number of nitrogens with one attached hydrogen (secondary N) is 1. The Bertz CT molecular complexity index is 297. The van der Waals surface area contributed by atoms with Crippen molar-refractivity contribution in [2.75, 3.05) is 19.8 Å². The third kappa shape index (κ3) is 3.02. The van der Waals surface area contributed by atoms with Gasteiger partial charge < -0.3 is 19.3 Å². The van der Waals surface area contributed by atoms with Crippen molar-refractivity contribution in [2.24, 2.45) is 0 Å². The highest BCUT2D eigenvalue weighted by atomic mass is 16.6. The van der Waals surface area contributed by atoms with Gasteiger partial charge >= 0.3 is 0 Å². The van der Waals surface area contributed by atoms with E-state index in [-0.39, 0.29) is 6.10 Å². The Morgan fingerprint density at radius 3 is 3.13 bits per heavy atom. The molecule has 5 nitrogen and oxygen atoms in total. The average molecular weight is 212 g/mol. The summed E-state index contributed by atoms with van der Waals surface area (Å²) in [5.74, 6) is 0.773. The summed E-state index contributed by atoms with van der Waals surface area (Å²) in [6.45, 7) is 5.59. The molecule has 1 aliphatic rings. The zero-order valence-electron chi connectivity index (χ0n) is 8.86. The normalized spacial score (nSPS) is 16.6. The van der Waals surface area contributed by atoms with Crippen molar-refractivity contribution >= 4 is 0 Å². The van der Waals surface area contributed by atoms with E-state index >= 15 is 0 Å². The molecule has 0 spiro atoms. The van der Waals surface area contributed by atoms with Crippen LogP contribution in [0.1, 0.15) is 18.4 Å². The molecule has 0 aliphatic carbocycles. The summed E-state index contributed by atoms with van der Waals surface area (Å²) in [6, 6.07) is 1.92. The third-order valence-corrected chi connectivity index (χ3v) is 2.23. The van der Waals surface area contributed by atoms with Crippen LogP contribution in [-0.2, 0) is 22.6 Å². The van der Waals surface area contributed by atoms with Gasteiger partial charge in [0, 0.05) is 12.6 Å². The molecule has 0 amide bonds. The van der Waals surface area contributed by atoms with E-state index in [9.17, 15) is 0 Å². The highest BCUT2D eigenvalue weighted by molar-refractivity contribution is 5.04. The lowest BCUT2D eigenvalue weighted by atomic mass is 10.3. The standard InChI is InChI=1S/C10H16N2O3/c1-2-11-4-8-3-9(15-12-8)7-14-10-5-13-6-10/h3,10-11H,2,4-7H2,1H3. The second kappa shape index (κ2) is 5.25. The van der Waals surface area contributed by atoms with E-state index in [4.69, 9.17) is 14.0 Å². The molecule has 0 bridgehead atoms. The number of aromatic nitrogens is 1. The van der Waals surface area contributed by atoms with E-state index in [1.165, 1.54) is 0 Å². The number of hydrogen-bond donors (Lipinski definition) is 1. The molecule has 5 heteroatoms. The molecule has 84 valence electrons. The lowest BCUT2D eigenvalue weighted by Crippen LogP contribution is -2.35. The summed E-state index contributed by atoms with van der Waals surface area (Å²) in [5, 5.41) is 7.11. The van der Waals surface area contributed by atoms with Crippen molar-refractivity contribution in [3.05, 3.63) is 17.5 Å². The molecule has 2 heterocycles. The molecule has 2 rings (SSSR count). The fourth-order valence-electron chi connectivity index (χ4n) is 1.27. The van der Waals surface area contributed by atoms with E-state index in [1.807, 2.05) is 6.07 Å².